The lowest BCUT2D eigenvalue weighted by molar-refractivity contribution is -0.126. The molecule has 0 spiro atoms. The predicted molar refractivity (Wildman–Crippen MR) is 105 cm³/mol. The number of hydrogen-bond acceptors (Lipinski definition) is 4. The number of para-hydroxylation sites is 1. The topological polar surface area (TPSA) is 49.9 Å². The van der Waals surface area contributed by atoms with Crippen molar-refractivity contribution in [2.75, 3.05) is 9.96 Å². The summed E-state index contributed by atoms with van der Waals surface area (Å²) < 4.78 is 26.8. The first kappa shape index (κ1) is 18.4. The van der Waals surface area contributed by atoms with E-state index >= 15 is 0 Å². The third kappa shape index (κ3) is 2.86. The molecule has 30 heavy (non-hydrogen) atoms. The van der Waals surface area contributed by atoms with Crippen molar-refractivity contribution in [3.05, 3.63) is 96.1 Å². The highest BCUT2D eigenvalue weighted by Crippen LogP contribution is 2.47. The average Bonchev–Trinajstić information content (AvgIpc) is 3.27. The molecule has 0 N–H and O–H groups in total. The molecule has 2 fully saturated rings. The van der Waals surface area contributed by atoms with E-state index in [-0.39, 0.29) is 5.69 Å². The van der Waals surface area contributed by atoms with Crippen LogP contribution in [0.1, 0.15) is 11.6 Å². The van der Waals surface area contributed by atoms with Crippen molar-refractivity contribution in [2.24, 2.45) is 5.92 Å². The Morgan fingerprint density at radius 1 is 0.700 bits per heavy atom. The maximum atomic E-state index is 13.5. The lowest BCUT2D eigenvalue weighted by Gasteiger charge is -2.28. The standard InChI is InChI=1S/C23H16F2N2O3/c24-15-8-6-14(7-9-15)20-19-21(30-27(20)18-4-2-1-3-5-18)23(29)26(22(19)28)17-12-10-16(25)11-13-17/h1-13,19-21H/t19-,20+,21-/m1/s1. The Balaban J connectivity index is 1.58. The van der Waals surface area contributed by atoms with Crippen LogP contribution in [0.2, 0.25) is 0 Å². The third-order valence-electron chi connectivity index (χ3n) is 5.42. The highest BCUT2D eigenvalue weighted by Gasteiger charge is 2.60. The zero-order valence-corrected chi connectivity index (χ0v) is 15.6. The predicted octanol–water partition coefficient (Wildman–Crippen LogP) is 4.02. The summed E-state index contributed by atoms with van der Waals surface area (Å²) in [6, 6.07) is 19.4. The lowest BCUT2D eigenvalue weighted by atomic mass is 9.90. The second-order valence-electron chi connectivity index (χ2n) is 7.20. The van der Waals surface area contributed by atoms with E-state index < -0.39 is 41.5 Å². The van der Waals surface area contributed by atoms with Crippen LogP contribution in [-0.2, 0) is 14.4 Å². The van der Waals surface area contributed by atoms with Gasteiger partial charge in [-0.2, -0.15) is 0 Å². The first-order valence-corrected chi connectivity index (χ1v) is 9.44. The summed E-state index contributed by atoms with van der Waals surface area (Å²) in [6.07, 6.45) is -1.03. The van der Waals surface area contributed by atoms with Crippen molar-refractivity contribution in [1.29, 1.82) is 0 Å². The second kappa shape index (κ2) is 7.03. The van der Waals surface area contributed by atoms with Crippen molar-refractivity contribution >= 4 is 23.2 Å². The van der Waals surface area contributed by atoms with E-state index in [2.05, 4.69) is 0 Å². The number of fused-ring (bicyclic) bond motifs is 1. The number of amides is 2. The van der Waals surface area contributed by atoms with E-state index in [1.807, 2.05) is 30.3 Å². The monoisotopic (exact) mass is 406 g/mol. The van der Waals surface area contributed by atoms with E-state index in [0.29, 0.717) is 11.3 Å². The number of nitrogens with zero attached hydrogens (tertiary/aromatic N) is 2. The van der Waals surface area contributed by atoms with Crippen LogP contribution in [0, 0.1) is 17.6 Å². The first-order chi connectivity index (χ1) is 14.5. The zero-order valence-electron chi connectivity index (χ0n) is 15.6. The normalized spacial score (nSPS) is 23.2. The van der Waals surface area contributed by atoms with Gasteiger partial charge < -0.3 is 0 Å². The van der Waals surface area contributed by atoms with Crippen LogP contribution in [0.4, 0.5) is 20.2 Å². The maximum absolute atomic E-state index is 13.5. The van der Waals surface area contributed by atoms with Crippen molar-refractivity contribution in [2.45, 2.75) is 12.1 Å². The molecule has 3 aromatic rings. The number of rotatable bonds is 3. The number of anilines is 2. The van der Waals surface area contributed by atoms with Crippen LogP contribution in [0.3, 0.4) is 0 Å². The van der Waals surface area contributed by atoms with Gasteiger partial charge in [-0.05, 0) is 54.1 Å². The third-order valence-corrected chi connectivity index (χ3v) is 5.42. The Bertz CT molecular complexity index is 1100. The van der Waals surface area contributed by atoms with E-state index in [9.17, 15) is 18.4 Å². The molecule has 0 saturated carbocycles. The smallest absolute Gasteiger partial charge is 0.266 e. The van der Waals surface area contributed by atoms with Gasteiger partial charge >= 0.3 is 0 Å². The molecule has 0 bridgehead atoms. The molecule has 5 rings (SSSR count). The van der Waals surface area contributed by atoms with E-state index in [1.165, 1.54) is 36.4 Å². The summed E-state index contributed by atoms with van der Waals surface area (Å²) in [4.78, 5) is 33.4. The molecule has 5 nitrogen and oxygen atoms in total. The highest BCUT2D eigenvalue weighted by atomic mass is 19.1. The summed E-state index contributed by atoms with van der Waals surface area (Å²) >= 11 is 0. The minimum atomic E-state index is -1.03. The molecule has 3 aromatic carbocycles. The zero-order chi connectivity index (χ0) is 20.8. The number of benzene rings is 3. The van der Waals surface area contributed by atoms with Gasteiger partial charge in [0, 0.05) is 0 Å². The Labute approximate surface area is 171 Å². The highest BCUT2D eigenvalue weighted by molar-refractivity contribution is 6.23. The molecule has 2 aliphatic rings. The molecule has 150 valence electrons. The van der Waals surface area contributed by atoms with Crippen LogP contribution >= 0.6 is 0 Å². The number of halogens is 2. The molecule has 0 radical (unpaired) electrons. The minimum absolute atomic E-state index is 0.286. The van der Waals surface area contributed by atoms with Crippen LogP contribution in [0.15, 0.2) is 78.9 Å². The van der Waals surface area contributed by atoms with Crippen molar-refractivity contribution < 1.29 is 23.2 Å². The van der Waals surface area contributed by atoms with Gasteiger partial charge in [-0.15, -0.1) is 0 Å². The molecule has 2 aliphatic heterocycles. The fourth-order valence-electron chi connectivity index (χ4n) is 4.06. The Morgan fingerprint density at radius 3 is 1.93 bits per heavy atom. The molecule has 0 unspecified atom stereocenters. The van der Waals surface area contributed by atoms with Gasteiger partial charge in [0.2, 0.25) is 5.91 Å². The van der Waals surface area contributed by atoms with E-state index in [1.54, 1.807) is 17.2 Å². The van der Waals surface area contributed by atoms with Crippen LogP contribution < -0.4 is 9.96 Å². The van der Waals surface area contributed by atoms with E-state index in [4.69, 9.17) is 4.84 Å². The molecular weight excluding hydrogens is 390 g/mol. The molecule has 7 heteroatoms. The molecule has 0 aliphatic carbocycles. The fraction of sp³-hybridized carbons (Fsp3) is 0.130. The lowest BCUT2D eigenvalue weighted by Crippen LogP contribution is -2.37. The quantitative estimate of drug-likeness (QED) is 0.617. The van der Waals surface area contributed by atoms with Crippen LogP contribution in [-0.4, -0.2) is 17.9 Å². The van der Waals surface area contributed by atoms with Crippen molar-refractivity contribution in [1.82, 2.24) is 0 Å². The summed E-state index contributed by atoms with van der Waals surface area (Å²) in [5.41, 5.74) is 1.61. The SMILES string of the molecule is O=C1[C@H]2[C@@H](ON(c3ccccc3)[C@H]2c2ccc(F)cc2)C(=O)N1c1ccc(F)cc1. The average molecular weight is 406 g/mol. The molecular formula is C23H16F2N2O3. The number of hydrogen-bond donors (Lipinski definition) is 0. The number of hydroxylamine groups is 1. The summed E-state index contributed by atoms with van der Waals surface area (Å²) in [7, 11) is 0. The van der Waals surface area contributed by atoms with Crippen molar-refractivity contribution in [3.63, 3.8) is 0 Å². The molecule has 2 saturated heterocycles. The van der Waals surface area contributed by atoms with Gasteiger partial charge in [-0.3, -0.25) is 14.4 Å². The number of carbonyl (C=O) groups excluding carboxylic acids is 2. The number of carbonyl (C=O) groups is 2. The van der Waals surface area contributed by atoms with Gasteiger partial charge in [0.05, 0.1) is 17.4 Å². The van der Waals surface area contributed by atoms with Gasteiger partial charge in [-0.1, -0.05) is 30.3 Å². The van der Waals surface area contributed by atoms with Crippen molar-refractivity contribution in [3.8, 4) is 0 Å². The number of imide groups is 1. The molecule has 3 atom stereocenters. The summed E-state index contributed by atoms with van der Waals surface area (Å²) in [5, 5.41) is 1.54. The summed E-state index contributed by atoms with van der Waals surface area (Å²) in [6.45, 7) is 0. The molecule has 2 amide bonds. The fourth-order valence-corrected chi connectivity index (χ4v) is 4.06. The molecule has 0 aromatic heterocycles. The van der Waals surface area contributed by atoms with Crippen LogP contribution in [0.25, 0.3) is 0 Å². The second-order valence-corrected chi connectivity index (χ2v) is 7.20. The van der Waals surface area contributed by atoms with Gasteiger partial charge in [-0.25, -0.2) is 18.7 Å². The molecule has 2 heterocycles. The minimum Gasteiger partial charge on any atom is -0.273 e. The Morgan fingerprint density at radius 2 is 1.30 bits per heavy atom. The Hall–Kier alpha value is -3.58. The largest absolute Gasteiger partial charge is 0.273 e. The van der Waals surface area contributed by atoms with Crippen LogP contribution in [0.5, 0.6) is 0 Å². The summed E-state index contributed by atoms with van der Waals surface area (Å²) in [5.74, 6) is -2.64. The van der Waals surface area contributed by atoms with E-state index in [0.717, 1.165) is 4.90 Å². The van der Waals surface area contributed by atoms with Gasteiger partial charge in [0.15, 0.2) is 6.10 Å². The first-order valence-electron chi connectivity index (χ1n) is 9.44. The maximum Gasteiger partial charge on any atom is 0.266 e. The van der Waals surface area contributed by atoms with Gasteiger partial charge in [0.1, 0.15) is 17.6 Å². The Kier molecular flexibility index (Phi) is 4.33. The van der Waals surface area contributed by atoms with Gasteiger partial charge in [0.25, 0.3) is 5.91 Å².